The van der Waals surface area contributed by atoms with Gasteiger partial charge in [-0.05, 0) is 114 Å². The monoisotopic (exact) mass is 935 g/mol. The van der Waals surface area contributed by atoms with E-state index in [1.165, 1.54) is 104 Å². The minimum atomic E-state index is -0.532. The van der Waals surface area contributed by atoms with E-state index in [1.54, 1.807) is 0 Å². The summed E-state index contributed by atoms with van der Waals surface area (Å²) in [5, 5.41) is 2.63. The van der Waals surface area contributed by atoms with E-state index in [0.29, 0.717) is 0 Å². The van der Waals surface area contributed by atoms with Crippen LogP contribution in [0.1, 0.15) is 47.2 Å². The topological polar surface area (TPSA) is 3.24 Å². The smallest absolute Gasteiger partial charge is 0.0720 e. The maximum absolute atomic E-state index is 2.55. The second-order valence-corrected chi connectivity index (χ2v) is 20.9. The Balaban J connectivity index is 1.03. The summed E-state index contributed by atoms with van der Waals surface area (Å²) < 4.78 is 2.62. The Kier molecular flexibility index (Phi) is 9.71. The molecule has 2 aliphatic carbocycles. The largest absolute Gasteiger partial charge is 0.309 e. The van der Waals surface area contributed by atoms with Gasteiger partial charge in [0.05, 0.1) is 16.8 Å². The first-order valence-electron chi connectivity index (χ1n) is 25.1. The predicted octanol–water partition coefficient (Wildman–Crippen LogP) is 19.2. The molecule has 12 aromatic rings. The third kappa shape index (κ3) is 6.19. The molecule has 0 saturated carbocycles. The van der Waals surface area contributed by atoms with E-state index in [4.69, 9.17) is 0 Å². The fourth-order valence-electron chi connectivity index (χ4n) is 12.7. The number of hydrogen-bond donors (Lipinski definition) is 0. The molecule has 0 N–H and O–H groups in total. The Morgan fingerprint density at radius 2 is 0.764 bits per heavy atom. The Labute approximate surface area is 425 Å². The number of benzene rings is 11. The highest BCUT2D eigenvalue weighted by molar-refractivity contribution is 7.25. The highest BCUT2D eigenvalue weighted by Crippen LogP contribution is 2.64. The number of hydrogen-bond acceptors (Lipinski definition) is 2. The van der Waals surface area contributed by atoms with E-state index in [0.717, 1.165) is 22.6 Å². The maximum Gasteiger partial charge on any atom is 0.0720 e. The summed E-state index contributed by atoms with van der Waals surface area (Å²) in [5.41, 5.74) is 22.8. The van der Waals surface area contributed by atoms with Gasteiger partial charge in [-0.25, -0.2) is 0 Å². The lowest BCUT2D eigenvalue weighted by molar-refractivity contribution is 0.563. The predicted molar refractivity (Wildman–Crippen MR) is 305 cm³/mol. The van der Waals surface area contributed by atoms with Gasteiger partial charge in [-0.2, -0.15) is 0 Å². The number of para-hydroxylation sites is 1. The van der Waals surface area contributed by atoms with E-state index in [9.17, 15) is 0 Å². The van der Waals surface area contributed by atoms with Crippen LogP contribution < -0.4 is 4.90 Å². The lowest BCUT2D eigenvalue weighted by Gasteiger charge is -2.46. The molecule has 1 nitrogen and oxygen atoms in total. The molecule has 0 unspecified atom stereocenters. The molecule has 0 bridgehead atoms. The summed E-state index contributed by atoms with van der Waals surface area (Å²) in [6.45, 7) is 4.80. The Morgan fingerprint density at radius 3 is 1.47 bits per heavy atom. The standard InChI is InChI=1S/C70H49NS/c1-69(2)58-33-14-16-35-60(58)70(61-36-17-15-34-59(61)69)57-32-13-10-29-55(57)68-62(70)37-21-39-64(68)71(48-44-42-47(43-45-48)50-31-20-41-66-67(50)56-30-12-19-40-65(56)72-66)63-38-18-11-28-54(63)53-27-9-8-26-52(53)51-25-7-6-24-49(51)46-22-4-3-5-23-46/h3-45H,1-2H3. The zero-order valence-electron chi connectivity index (χ0n) is 40.2. The van der Waals surface area contributed by atoms with Crippen molar-refractivity contribution in [3.05, 3.63) is 294 Å². The first kappa shape index (κ1) is 42.3. The summed E-state index contributed by atoms with van der Waals surface area (Å²) >= 11 is 1.87. The molecule has 2 aliphatic rings. The van der Waals surface area contributed by atoms with Crippen LogP contribution in [0.15, 0.2) is 261 Å². The molecule has 0 atom stereocenters. The molecule has 0 aliphatic heterocycles. The summed E-state index contributed by atoms with van der Waals surface area (Å²) in [5.74, 6) is 0. The van der Waals surface area contributed by atoms with Crippen molar-refractivity contribution in [1.29, 1.82) is 0 Å². The number of thiophene rings is 1. The van der Waals surface area contributed by atoms with E-state index in [-0.39, 0.29) is 5.41 Å². The van der Waals surface area contributed by atoms with Gasteiger partial charge in [-0.3, -0.25) is 0 Å². The molecule has 0 saturated heterocycles. The van der Waals surface area contributed by atoms with Crippen molar-refractivity contribution in [2.24, 2.45) is 0 Å². The van der Waals surface area contributed by atoms with Gasteiger partial charge >= 0.3 is 0 Å². The van der Waals surface area contributed by atoms with Crippen molar-refractivity contribution in [3.8, 4) is 55.6 Å². The summed E-state index contributed by atoms with van der Waals surface area (Å²) in [7, 11) is 0. The second kappa shape index (κ2) is 16.5. The third-order valence-corrected chi connectivity index (χ3v) is 16.9. The van der Waals surface area contributed by atoms with Crippen LogP contribution in [0.3, 0.4) is 0 Å². The fraction of sp³-hybridized carbons (Fsp3) is 0.0571. The molecule has 14 rings (SSSR count). The zero-order chi connectivity index (χ0) is 48.0. The molecular formula is C70H49NS. The van der Waals surface area contributed by atoms with E-state index in [1.807, 2.05) is 11.3 Å². The Hall–Kier alpha value is -8.56. The van der Waals surface area contributed by atoms with Crippen molar-refractivity contribution in [2.75, 3.05) is 4.90 Å². The lowest BCUT2D eigenvalue weighted by atomic mass is 9.55. The number of fused-ring (bicyclic) bond motifs is 12. The molecule has 1 aromatic heterocycles. The molecule has 1 spiro atoms. The van der Waals surface area contributed by atoms with Gasteiger partial charge < -0.3 is 4.90 Å². The van der Waals surface area contributed by atoms with Crippen LogP contribution in [0.25, 0.3) is 75.8 Å². The summed E-state index contributed by atoms with van der Waals surface area (Å²) in [6.07, 6.45) is 0. The van der Waals surface area contributed by atoms with Gasteiger partial charge in [0.2, 0.25) is 0 Å². The molecule has 1 heterocycles. The number of nitrogens with zero attached hydrogens (tertiary/aromatic N) is 1. The van der Waals surface area contributed by atoms with Crippen molar-refractivity contribution >= 4 is 48.6 Å². The number of rotatable bonds is 7. The molecule has 0 fully saturated rings. The SMILES string of the molecule is CC1(C)c2ccccc2C2(c3ccccc3-c3c(N(c4ccc(-c5cccc6sc7ccccc7c56)cc4)c4ccccc4-c4ccccc4-c4ccccc4-c4ccccc4)cccc32)c2ccccc21. The number of anilines is 3. The van der Waals surface area contributed by atoms with Gasteiger partial charge in [0.1, 0.15) is 0 Å². The van der Waals surface area contributed by atoms with Gasteiger partial charge in [-0.15, -0.1) is 11.3 Å². The van der Waals surface area contributed by atoms with Crippen LogP contribution in [-0.2, 0) is 10.8 Å². The molecule has 0 amide bonds. The van der Waals surface area contributed by atoms with Crippen LogP contribution in [0.5, 0.6) is 0 Å². The van der Waals surface area contributed by atoms with Gasteiger partial charge in [0.15, 0.2) is 0 Å². The molecule has 340 valence electrons. The normalized spacial score (nSPS) is 13.6. The molecule has 2 heteroatoms. The van der Waals surface area contributed by atoms with Crippen LogP contribution in [0.4, 0.5) is 17.1 Å². The third-order valence-electron chi connectivity index (χ3n) is 15.8. The van der Waals surface area contributed by atoms with E-state index in [2.05, 4.69) is 280 Å². The highest BCUT2D eigenvalue weighted by atomic mass is 32.1. The van der Waals surface area contributed by atoms with E-state index < -0.39 is 5.41 Å². The average molecular weight is 936 g/mol. The average Bonchev–Trinajstić information content (AvgIpc) is 3.98. The van der Waals surface area contributed by atoms with Crippen molar-refractivity contribution in [2.45, 2.75) is 24.7 Å². The Bertz CT molecular complexity index is 4030. The first-order valence-corrected chi connectivity index (χ1v) is 25.9. The molecule has 11 aromatic carbocycles. The second-order valence-electron chi connectivity index (χ2n) is 19.8. The van der Waals surface area contributed by atoms with Crippen molar-refractivity contribution < 1.29 is 0 Å². The first-order chi connectivity index (χ1) is 35.5. The van der Waals surface area contributed by atoms with Crippen LogP contribution >= 0.6 is 11.3 Å². The minimum Gasteiger partial charge on any atom is -0.309 e. The minimum absolute atomic E-state index is 0.188. The maximum atomic E-state index is 2.55. The summed E-state index contributed by atoms with van der Waals surface area (Å²) in [4.78, 5) is 2.55. The van der Waals surface area contributed by atoms with Crippen molar-refractivity contribution in [1.82, 2.24) is 0 Å². The molecular weight excluding hydrogens is 887 g/mol. The highest BCUT2D eigenvalue weighted by Gasteiger charge is 2.54. The molecule has 0 radical (unpaired) electrons. The summed E-state index contributed by atoms with van der Waals surface area (Å²) in [6, 6.07) is 97.4. The van der Waals surface area contributed by atoms with Gasteiger partial charge in [0, 0.05) is 42.4 Å². The lowest BCUT2D eigenvalue weighted by Crippen LogP contribution is -2.40. The zero-order valence-corrected chi connectivity index (χ0v) is 41.0. The quantitative estimate of drug-likeness (QED) is 0.154. The van der Waals surface area contributed by atoms with Crippen LogP contribution in [-0.4, -0.2) is 0 Å². The van der Waals surface area contributed by atoms with Gasteiger partial charge in [0.25, 0.3) is 0 Å². The van der Waals surface area contributed by atoms with Gasteiger partial charge in [-0.1, -0.05) is 238 Å². The van der Waals surface area contributed by atoms with Crippen LogP contribution in [0.2, 0.25) is 0 Å². The molecule has 72 heavy (non-hydrogen) atoms. The van der Waals surface area contributed by atoms with Crippen LogP contribution in [0, 0.1) is 0 Å². The Morgan fingerprint density at radius 1 is 0.306 bits per heavy atom. The van der Waals surface area contributed by atoms with Crippen molar-refractivity contribution in [3.63, 3.8) is 0 Å². The fourth-order valence-corrected chi connectivity index (χ4v) is 13.9. The van der Waals surface area contributed by atoms with E-state index >= 15 is 0 Å².